The molecule has 0 spiro atoms. The lowest BCUT2D eigenvalue weighted by atomic mass is 10.1. The molecule has 15 heteroatoms. The number of benzene rings is 1. The lowest BCUT2D eigenvalue weighted by Gasteiger charge is -2.17. The molecule has 1 aromatic heterocycles. The Bertz CT molecular complexity index is 1340. The molecule has 1 unspecified atom stereocenters. The molecule has 1 atom stereocenters. The van der Waals surface area contributed by atoms with Gasteiger partial charge in [0.25, 0.3) is 5.91 Å². The smallest absolute Gasteiger partial charge is 0.323 e. The number of rotatable bonds is 12. The number of sulfonamides is 1. The van der Waals surface area contributed by atoms with Crippen LogP contribution in [0.3, 0.4) is 0 Å². The van der Waals surface area contributed by atoms with E-state index in [0.29, 0.717) is 25.9 Å². The minimum absolute atomic E-state index is 0.167. The molecule has 37 heavy (non-hydrogen) atoms. The van der Waals surface area contributed by atoms with Crippen LogP contribution in [-0.2, 0) is 28.4 Å². The molecular formula is C22H30F2N6O6S. The summed E-state index contributed by atoms with van der Waals surface area (Å²) in [4.78, 5) is 37.2. The first-order valence-electron chi connectivity index (χ1n) is 11.7. The molecule has 204 valence electrons. The molecule has 1 aliphatic heterocycles. The summed E-state index contributed by atoms with van der Waals surface area (Å²) in [6, 6.07) is -0.824. The Kier molecular flexibility index (Phi) is 9.31. The summed E-state index contributed by atoms with van der Waals surface area (Å²) >= 11 is 0. The fourth-order valence-electron chi connectivity index (χ4n) is 3.88. The molecule has 12 nitrogen and oxygen atoms in total. The van der Waals surface area contributed by atoms with Crippen molar-refractivity contribution in [3.8, 4) is 0 Å². The molecule has 0 aliphatic carbocycles. The van der Waals surface area contributed by atoms with E-state index in [2.05, 4.69) is 21.3 Å². The Hall–Kier alpha value is -2.98. The number of aromatic nitrogens is 1. The third-order valence-electron chi connectivity index (χ3n) is 5.85. The number of nitrogens with one attached hydrogen (secondary N) is 5. The van der Waals surface area contributed by atoms with Gasteiger partial charge in [-0.15, -0.1) is 0 Å². The van der Waals surface area contributed by atoms with E-state index in [9.17, 15) is 32.3 Å². The van der Waals surface area contributed by atoms with Crippen molar-refractivity contribution in [2.24, 2.45) is 7.05 Å². The summed E-state index contributed by atoms with van der Waals surface area (Å²) < 4.78 is 57.3. The second-order valence-electron chi connectivity index (χ2n) is 8.64. The minimum Gasteiger partial charge on any atom is -0.480 e. The van der Waals surface area contributed by atoms with Gasteiger partial charge in [0.1, 0.15) is 23.7 Å². The number of fused-ring (bicyclic) bond motifs is 1. The van der Waals surface area contributed by atoms with Crippen LogP contribution < -0.4 is 31.4 Å². The van der Waals surface area contributed by atoms with Gasteiger partial charge in [-0.3, -0.25) is 30.3 Å². The van der Waals surface area contributed by atoms with Crippen LogP contribution in [-0.4, -0.2) is 67.7 Å². The second-order valence-corrected chi connectivity index (χ2v) is 10.5. The topological polar surface area (TPSA) is 171 Å². The van der Waals surface area contributed by atoms with Crippen LogP contribution in [0.1, 0.15) is 35.7 Å². The van der Waals surface area contributed by atoms with Crippen molar-refractivity contribution in [1.29, 1.82) is 0 Å². The Morgan fingerprint density at radius 2 is 1.95 bits per heavy atom. The highest BCUT2D eigenvalue weighted by atomic mass is 32.2. The third kappa shape index (κ3) is 6.87. The van der Waals surface area contributed by atoms with Crippen LogP contribution in [0.5, 0.6) is 0 Å². The number of carbonyl (C=O) groups is 2. The number of carboxylic acid groups (broad SMARTS) is 1. The predicted molar refractivity (Wildman–Crippen MR) is 131 cm³/mol. The number of aryl methyl sites for hydroxylation is 1. The summed E-state index contributed by atoms with van der Waals surface area (Å²) in [5, 5.41) is 20.2. The molecule has 6 N–H and O–H groups in total. The molecule has 1 saturated heterocycles. The van der Waals surface area contributed by atoms with Gasteiger partial charge in [0.2, 0.25) is 15.5 Å². The fraction of sp³-hybridized carbons (Fsp3) is 0.500. The molecule has 0 saturated carbocycles. The SMILES string of the molecule is CCCCS(=O)(=O)NC(CNC(=O)c1cn(C)c2c(F)c(CNC3NCCN3)c(F)cc2c1=O)C(=O)O. The van der Waals surface area contributed by atoms with Crippen molar-refractivity contribution in [1.82, 2.24) is 30.6 Å². The maximum absolute atomic E-state index is 15.3. The van der Waals surface area contributed by atoms with Crippen LogP contribution in [0, 0.1) is 11.6 Å². The van der Waals surface area contributed by atoms with E-state index in [1.165, 1.54) is 7.05 Å². The summed E-state index contributed by atoms with van der Waals surface area (Å²) in [7, 11) is -2.54. The summed E-state index contributed by atoms with van der Waals surface area (Å²) in [6.45, 7) is 2.33. The van der Waals surface area contributed by atoms with E-state index in [4.69, 9.17) is 0 Å². The quantitative estimate of drug-likeness (QED) is 0.202. The Balaban J connectivity index is 1.83. The zero-order chi connectivity index (χ0) is 27.3. The van der Waals surface area contributed by atoms with Gasteiger partial charge in [0.05, 0.1) is 16.7 Å². The molecular weight excluding hydrogens is 514 g/mol. The number of halogens is 2. The van der Waals surface area contributed by atoms with Gasteiger partial charge in [-0.1, -0.05) is 13.3 Å². The number of aliphatic carboxylic acids is 1. The van der Waals surface area contributed by atoms with Crippen LogP contribution in [0.2, 0.25) is 0 Å². The maximum Gasteiger partial charge on any atom is 0.323 e. The number of pyridine rings is 1. The molecule has 1 aliphatic rings. The van der Waals surface area contributed by atoms with Crippen LogP contribution in [0.15, 0.2) is 17.1 Å². The Morgan fingerprint density at radius 3 is 2.57 bits per heavy atom. The van der Waals surface area contributed by atoms with Crippen molar-refractivity contribution in [3.05, 3.63) is 45.2 Å². The highest BCUT2D eigenvalue weighted by molar-refractivity contribution is 7.89. The van der Waals surface area contributed by atoms with E-state index in [1.807, 2.05) is 4.72 Å². The summed E-state index contributed by atoms with van der Waals surface area (Å²) in [5.74, 6) is -4.77. The molecule has 1 fully saturated rings. The van der Waals surface area contributed by atoms with Gasteiger partial charge in [-0.2, -0.15) is 4.72 Å². The molecule has 2 aromatic rings. The highest BCUT2D eigenvalue weighted by Crippen LogP contribution is 2.22. The lowest BCUT2D eigenvalue weighted by molar-refractivity contribution is -0.138. The minimum atomic E-state index is -3.91. The number of hydrogen-bond acceptors (Lipinski definition) is 8. The first kappa shape index (κ1) is 28.6. The van der Waals surface area contributed by atoms with Crippen LogP contribution >= 0.6 is 0 Å². The average molecular weight is 545 g/mol. The predicted octanol–water partition coefficient (Wildman–Crippen LogP) is -0.715. The zero-order valence-corrected chi connectivity index (χ0v) is 21.2. The largest absolute Gasteiger partial charge is 0.480 e. The summed E-state index contributed by atoms with van der Waals surface area (Å²) in [5.41, 5.74) is -1.94. The highest BCUT2D eigenvalue weighted by Gasteiger charge is 2.26. The molecule has 0 radical (unpaired) electrons. The van der Waals surface area contributed by atoms with E-state index in [-0.39, 0.29) is 35.1 Å². The van der Waals surface area contributed by atoms with Crippen molar-refractivity contribution in [2.45, 2.75) is 38.6 Å². The number of carboxylic acids is 1. The molecule has 1 amide bonds. The lowest BCUT2D eigenvalue weighted by Crippen LogP contribution is -2.49. The van der Waals surface area contributed by atoms with Crippen molar-refractivity contribution < 1.29 is 31.9 Å². The monoisotopic (exact) mass is 544 g/mol. The Morgan fingerprint density at radius 1 is 1.27 bits per heavy atom. The molecule has 0 bridgehead atoms. The average Bonchev–Trinajstić information content (AvgIpc) is 3.35. The standard InChI is InChI=1S/C22H30F2N6O6S/c1-3-4-7-37(35,36)29-16(21(33)34)10-27-20(32)14-11-30(2)18-12(19(14)31)8-15(23)13(17(18)24)9-28-22-25-5-6-26-22/h8,11,16,22,25-26,28-29H,3-7,9-10H2,1-2H3,(H,27,32)(H,33,34). The van der Waals surface area contributed by atoms with Gasteiger partial charge in [0, 0.05) is 45.0 Å². The first-order chi connectivity index (χ1) is 17.4. The van der Waals surface area contributed by atoms with Crippen molar-refractivity contribution >= 4 is 32.8 Å². The number of unbranched alkanes of at least 4 members (excludes halogenated alkanes) is 1. The Labute approximate surface area is 211 Å². The second kappa shape index (κ2) is 12.0. The molecule has 3 rings (SSSR count). The van der Waals surface area contributed by atoms with Crippen LogP contribution in [0.4, 0.5) is 8.78 Å². The number of amides is 1. The normalized spacial score (nSPS) is 15.2. The number of carbonyl (C=O) groups excluding carboxylic acids is 1. The van der Waals surface area contributed by atoms with Gasteiger partial charge >= 0.3 is 5.97 Å². The van der Waals surface area contributed by atoms with Crippen molar-refractivity contribution in [3.63, 3.8) is 0 Å². The van der Waals surface area contributed by atoms with Gasteiger partial charge in [-0.05, 0) is 12.5 Å². The molecule has 1 aromatic carbocycles. The van der Waals surface area contributed by atoms with Gasteiger partial charge in [-0.25, -0.2) is 17.2 Å². The van der Waals surface area contributed by atoms with Crippen LogP contribution in [0.25, 0.3) is 10.9 Å². The van der Waals surface area contributed by atoms with E-state index >= 15 is 4.39 Å². The zero-order valence-electron chi connectivity index (χ0n) is 20.4. The molecule has 2 heterocycles. The third-order valence-corrected chi connectivity index (χ3v) is 7.32. The maximum atomic E-state index is 15.3. The van der Waals surface area contributed by atoms with Gasteiger partial charge < -0.3 is 15.0 Å². The number of nitrogens with zero attached hydrogens (tertiary/aromatic N) is 1. The number of hydrogen-bond donors (Lipinski definition) is 6. The van der Waals surface area contributed by atoms with Crippen molar-refractivity contribution in [2.75, 3.05) is 25.4 Å². The van der Waals surface area contributed by atoms with E-state index < -0.39 is 57.1 Å². The summed E-state index contributed by atoms with van der Waals surface area (Å²) in [6.07, 6.45) is 1.63. The fourth-order valence-corrected chi connectivity index (χ4v) is 5.29. The van der Waals surface area contributed by atoms with Gasteiger partial charge in [0.15, 0.2) is 5.82 Å². The first-order valence-corrected chi connectivity index (χ1v) is 13.3. The van der Waals surface area contributed by atoms with E-state index in [0.717, 1.165) is 16.8 Å². The van der Waals surface area contributed by atoms with E-state index in [1.54, 1.807) is 6.92 Å².